The lowest BCUT2D eigenvalue weighted by molar-refractivity contribution is -0.137. The zero-order chi connectivity index (χ0) is 14.0. The molecular weight excluding hydrogens is 262 g/mol. The second-order valence-electron chi connectivity index (χ2n) is 4.74. The third-order valence-electron chi connectivity index (χ3n) is 3.14. The van der Waals surface area contributed by atoms with Gasteiger partial charge in [0.1, 0.15) is 5.82 Å². The minimum atomic E-state index is -4.52. The molecule has 1 aliphatic heterocycles. The van der Waals surface area contributed by atoms with Gasteiger partial charge in [-0.2, -0.15) is 13.2 Å². The summed E-state index contributed by atoms with van der Waals surface area (Å²) in [5.41, 5.74) is -0.872. The van der Waals surface area contributed by atoms with E-state index in [1.54, 1.807) is 0 Å². The van der Waals surface area contributed by atoms with Gasteiger partial charge >= 0.3 is 6.18 Å². The largest absolute Gasteiger partial charge is 0.416 e. The van der Waals surface area contributed by atoms with Crippen LogP contribution >= 0.6 is 0 Å². The fourth-order valence-corrected chi connectivity index (χ4v) is 2.16. The van der Waals surface area contributed by atoms with Crippen LogP contribution in [0.15, 0.2) is 18.2 Å². The number of halogens is 4. The molecule has 2 unspecified atom stereocenters. The first-order valence-corrected chi connectivity index (χ1v) is 6.11. The molecule has 0 spiro atoms. The lowest BCUT2D eigenvalue weighted by Crippen LogP contribution is -2.32. The van der Waals surface area contributed by atoms with E-state index < -0.39 is 17.6 Å². The van der Waals surface area contributed by atoms with Crippen molar-refractivity contribution >= 4 is 5.69 Å². The molecule has 2 atom stereocenters. The highest BCUT2D eigenvalue weighted by molar-refractivity contribution is 5.47. The van der Waals surface area contributed by atoms with Gasteiger partial charge in [-0.1, -0.05) is 0 Å². The van der Waals surface area contributed by atoms with Crippen molar-refractivity contribution in [3.8, 4) is 0 Å². The zero-order valence-corrected chi connectivity index (χ0v) is 10.4. The molecule has 1 heterocycles. The Morgan fingerprint density at radius 2 is 2.05 bits per heavy atom. The van der Waals surface area contributed by atoms with Crippen molar-refractivity contribution in [3.63, 3.8) is 0 Å². The first kappa shape index (κ1) is 14.1. The van der Waals surface area contributed by atoms with Crippen LogP contribution in [0.2, 0.25) is 0 Å². The maximum Gasteiger partial charge on any atom is 0.416 e. The summed E-state index contributed by atoms with van der Waals surface area (Å²) in [5.74, 6) is -0.881. The van der Waals surface area contributed by atoms with Gasteiger partial charge in [0.25, 0.3) is 0 Å². The Labute approximate surface area is 108 Å². The van der Waals surface area contributed by atoms with Crippen molar-refractivity contribution in [2.45, 2.75) is 38.1 Å². The van der Waals surface area contributed by atoms with E-state index in [4.69, 9.17) is 4.74 Å². The van der Waals surface area contributed by atoms with Crippen LogP contribution in [0.5, 0.6) is 0 Å². The molecule has 0 radical (unpaired) electrons. The van der Waals surface area contributed by atoms with Gasteiger partial charge in [-0.25, -0.2) is 4.39 Å². The molecule has 1 N–H and O–H groups in total. The number of hydrogen-bond donors (Lipinski definition) is 1. The summed E-state index contributed by atoms with van der Waals surface area (Å²) >= 11 is 0. The van der Waals surface area contributed by atoms with Crippen LogP contribution in [0.3, 0.4) is 0 Å². The van der Waals surface area contributed by atoms with Gasteiger partial charge < -0.3 is 10.1 Å². The van der Waals surface area contributed by atoms with Gasteiger partial charge in [0.15, 0.2) is 0 Å². The summed E-state index contributed by atoms with van der Waals surface area (Å²) < 4.78 is 56.2. The van der Waals surface area contributed by atoms with Crippen LogP contribution in [-0.2, 0) is 10.9 Å². The fourth-order valence-electron chi connectivity index (χ4n) is 2.16. The van der Waals surface area contributed by atoms with Crippen molar-refractivity contribution in [1.29, 1.82) is 0 Å². The van der Waals surface area contributed by atoms with Crippen LogP contribution in [0.4, 0.5) is 23.2 Å². The molecule has 1 fully saturated rings. The van der Waals surface area contributed by atoms with Crippen LogP contribution in [0, 0.1) is 5.82 Å². The normalized spacial score (nSPS) is 24.3. The summed E-state index contributed by atoms with van der Waals surface area (Å²) in [6.45, 7) is 2.48. The Bertz CT molecular complexity index is 447. The van der Waals surface area contributed by atoms with Crippen molar-refractivity contribution < 1.29 is 22.3 Å². The highest BCUT2D eigenvalue weighted by Crippen LogP contribution is 2.31. The van der Waals surface area contributed by atoms with Crippen LogP contribution in [0.25, 0.3) is 0 Å². The summed E-state index contributed by atoms with van der Waals surface area (Å²) in [5, 5.41) is 2.94. The van der Waals surface area contributed by atoms with Crippen molar-refractivity contribution in [2.75, 3.05) is 11.9 Å². The van der Waals surface area contributed by atoms with Gasteiger partial charge in [0, 0.05) is 12.6 Å². The maximum absolute atomic E-state index is 13.6. The monoisotopic (exact) mass is 277 g/mol. The smallest absolute Gasteiger partial charge is 0.380 e. The summed E-state index contributed by atoms with van der Waals surface area (Å²) in [7, 11) is 0. The Hall–Kier alpha value is -1.30. The SMILES string of the molecule is CC1CC(Nc2ccc(C(F)(F)F)cc2F)CCO1. The number of nitrogens with one attached hydrogen (secondary N) is 1. The third kappa shape index (κ3) is 3.59. The number of benzene rings is 1. The Morgan fingerprint density at radius 3 is 2.63 bits per heavy atom. The molecule has 106 valence electrons. The van der Waals surface area contributed by atoms with Crippen LogP contribution < -0.4 is 5.32 Å². The van der Waals surface area contributed by atoms with E-state index in [0.717, 1.165) is 12.1 Å². The fraction of sp³-hybridized carbons (Fsp3) is 0.538. The van der Waals surface area contributed by atoms with E-state index in [1.165, 1.54) is 0 Å². The van der Waals surface area contributed by atoms with E-state index >= 15 is 0 Å². The van der Waals surface area contributed by atoms with E-state index in [9.17, 15) is 17.6 Å². The quantitative estimate of drug-likeness (QED) is 0.830. The minimum Gasteiger partial charge on any atom is -0.380 e. The summed E-state index contributed by atoms with van der Waals surface area (Å²) in [6.07, 6.45) is -3.03. The van der Waals surface area contributed by atoms with E-state index in [1.807, 2.05) is 6.92 Å². The second-order valence-corrected chi connectivity index (χ2v) is 4.74. The van der Waals surface area contributed by atoms with Gasteiger partial charge in [0.05, 0.1) is 17.4 Å². The number of anilines is 1. The Kier molecular flexibility index (Phi) is 3.99. The standard InChI is InChI=1S/C13H15F4NO/c1-8-6-10(4-5-19-8)18-12-3-2-9(7-11(12)14)13(15,16)17/h2-3,7-8,10,18H,4-6H2,1H3. The number of alkyl halides is 3. The Morgan fingerprint density at radius 1 is 1.32 bits per heavy atom. The highest BCUT2D eigenvalue weighted by Gasteiger charge is 2.31. The molecular formula is C13H15F4NO. The minimum absolute atomic E-state index is 0.0231. The van der Waals surface area contributed by atoms with E-state index in [0.29, 0.717) is 25.5 Å². The summed E-state index contributed by atoms with van der Waals surface area (Å²) in [4.78, 5) is 0. The molecule has 2 nitrogen and oxygen atoms in total. The number of ether oxygens (including phenoxy) is 1. The third-order valence-corrected chi connectivity index (χ3v) is 3.14. The van der Waals surface area contributed by atoms with E-state index in [-0.39, 0.29) is 17.8 Å². The first-order chi connectivity index (χ1) is 8.86. The van der Waals surface area contributed by atoms with Crippen molar-refractivity contribution in [3.05, 3.63) is 29.6 Å². The van der Waals surface area contributed by atoms with E-state index in [2.05, 4.69) is 5.32 Å². The molecule has 0 aliphatic carbocycles. The molecule has 6 heteroatoms. The van der Waals surface area contributed by atoms with Gasteiger partial charge in [-0.3, -0.25) is 0 Å². The van der Waals surface area contributed by atoms with Crippen LogP contribution in [-0.4, -0.2) is 18.8 Å². The van der Waals surface area contributed by atoms with Crippen LogP contribution in [0.1, 0.15) is 25.3 Å². The average molecular weight is 277 g/mol. The zero-order valence-electron chi connectivity index (χ0n) is 10.4. The highest BCUT2D eigenvalue weighted by atomic mass is 19.4. The predicted molar refractivity (Wildman–Crippen MR) is 63.5 cm³/mol. The molecule has 0 bridgehead atoms. The number of hydrogen-bond acceptors (Lipinski definition) is 2. The molecule has 1 saturated heterocycles. The lowest BCUT2D eigenvalue weighted by Gasteiger charge is -2.28. The second kappa shape index (κ2) is 5.36. The Balaban J connectivity index is 2.09. The topological polar surface area (TPSA) is 21.3 Å². The molecule has 1 aromatic rings. The molecule has 0 saturated carbocycles. The average Bonchev–Trinajstić information content (AvgIpc) is 2.30. The molecule has 1 aromatic carbocycles. The molecule has 2 rings (SSSR count). The molecule has 0 amide bonds. The molecule has 0 aromatic heterocycles. The molecule has 19 heavy (non-hydrogen) atoms. The number of rotatable bonds is 2. The first-order valence-electron chi connectivity index (χ1n) is 6.11. The van der Waals surface area contributed by atoms with Crippen molar-refractivity contribution in [1.82, 2.24) is 0 Å². The van der Waals surface area contributed by atoms with Gasteiger partial charge in [0.2, 0.25) is 0 Å². The maximum atomic E-state index is 13.6. The van der Waals surface area contributed by atoms with Crippen molar-refractivity contribution in [2.24, 2.45) is 0 Å². The van der Waals surface area contributed by atoms with Gasteiger partial charge in [-0.05, 0) is 38.0 Å². The predicted octanol–water partition coefficient (Wildman–Crippen LogP) is 3.82. The molecule has 1 aliphatic rings. The van der Waals surface area contributed by atoms with Gasteiger partial charge in [-0.15, -0.1) is 0 Å². The summed E-state index contributed by atoms with van der Waals surface area (Å²) in [6, 6.07) is 2.56. The lowest BCUT2D eigenvalue weighted by atomic mass is 10.0.